The monoisotopic (exact) mass is 311 g/mol. The predicted octanol–water partition coefficient (Wildman–Crippen LogP) is 5.08. The Hall–Kier alpha value is -1.44. The lowest BCUT2D eigenvalue weighted by Crippen LogP contribution is -2.40. The van der Waals surface area contributed by atoms with Gasteiger partial charge < -0.3 is 10.5 Å². The lowest BCUT2D eigenvalue weighted by Gasteiger charge is -2.49. The van der Waals surface area contributed by atoms with Gasteiger partial charge in [0.2, 0.25) is 0 Å². The summed E-state index contributed by atoms with van der Waals surface area (Å²) in [7, 11) is 0. The largest absolute Gasteiger partial charge is 0.492 e. The van der Waals surface area contributed by atoms with Crippen LogP contribution in [0.2, 0.25) is 0 Å². The van der Waals surface area contributed by atoms with Crippen molar-refractivity contribution < 1.29 is 4.74 Å². The summed E-state index contributed by atoms with van der Waals surface area (Å²) in [5, 5.41) is 0. The molecule has 0 heterocycles. The number of nitrogen functional groups attached to an aromatic ring is 1. The van der Waals surface area contributed by atoms with E-state index in [1.807, 2.05) is 6.92 Å². The van der Waals surface area contributed by atoms with Gasteiger partial charge in [-0.15, -0.1) is 0 Å². The first-order valence-electron chi connectivity index (χ1n) is 9.28. The number of hydrogen-bond acceptors (Lipinski definition) is 2. The third-order valence-electron chi connectivity index (χ3n) is 7.11. The van der Waals surface area contributed by atoms with Gasteiger partial charge in [0.1, 0.15) is 5.75 Å². The molecule has 0 amide bonds. The Morgan fingerprint density at radius 2 is 2.09 bits per heavy atom. The number of ether oxygens (including phenoxy) is 1. The Kier molecular flexibility index (Phi) is 3.48. The minimum atomic E-state index is 0.398. The molecule has 2 heteroatoms. The summed E-state index contributed by atoms with van der Waals surface area (Å²) in [6, 6.07) is 4.44. The van der Waals surface area contributed by atoms with E-state index < -0.39 is 0 Å². The van der Waals surface area contributed by atoms with Gasteiger partial charge in [0.25, 0.3) is 0 Å². The standard InChI is InChI=1S/C21H29NO/c1-4-23-20-12-17-14(11-19(20)22)6-7-16-15(17)9-10-21(3)13(2)5-8-18(16)21/h11-12,15-16,18H,2,4-10,22H2,1,3H3/t15-,16+,18-,21+/m0/s1. The van der Waals surface area contributed by atoms with E-state index in [1.165, 1.54) is 55.2 Å². The van der Waals surface area contributed by atoms with Crippen LogP contribution in [0.4, 0.5) is 5.69 Å². The van der Waals surface area contributed by atoms with Crippen molar-refractivity contribution >= 4 is 5.69 Å². The van der Waals surface area contributed by atoms with Gasteiger partial charge in [-0.05, 0) is 91.9 Å². The molecule has 3 aliphatic carbocycles. The second-order valence-electron chi connectivity index (χ2n) is 8.04. The average molecular weight is 311 g/mol. The Balaban J connectivity index is 1.71. The minimum Gasteiger partial charge on any atom is -0.492 e. The van der Waals surface area contributed by atoms with E-state index in [4.69, 9.17) is 10.5 Å². The maximum Gasteiger partial charge on any atom is 0.142 e. The summed E-state index contributed by atoms with van der Waals surface area (Å²) >= 11 is 0. The highest BCUT2D eigenvalue weighted by atomic mass is 16.5. The zero-order valence-corrected chi connectivity index (χ0v) is 14.5. The van der Waals surface area contributed by atoms with Crippen molar-refractivity contribution in [2.24, 2.45) is 17.3 Å². The molecular weight excluding hydrogens is 282 g/mol. The molecule has 4 atom stereocenters. The quantitative estimate of drug-likeness (QED) is 0.610. The number of hydrogen-bond donors (Lipinski definition) is 1. The fraction of sp³-hybridized carbons (Fsp3) is 0.619. The fourth-order valence-electron chi connectivity index (χ4n) is 5.81. The molecule has 0 bridgehead atoms. The third-order valence-corrected chi connectivity index (χ3v) is 7.11. The Morgan fingerprint density at radius 1 is 1.26 bits per heavy atom. The van der Waals surface area contributed by atoms with E-state index in [9.17, 15) is 0 Å². The maximum atomic E-state index is 6.19. The number of nitrogens with two attached hydrogens (primary N) is 1. The van der Waals surface area contributed by atoms with Gasteiger partial charge in [-0.25, -0.2) is 0 Å². The molecule has 0 aromatic heterocycles. The Labute approximate surface area is 140 Å². The van der Waals surface area contributed by atoms with Crippen LogP contribution < -0.4 is 10.5 Å². The van der Waals surface area contributed by atoms with Crippen molar-refractivity contribution in [3.8, 4) is 5.75 Å². The molecule has 0 unspecified atom stereocenters. The van der Waals surface area contributed by atoms with Crippen LogP contribution in [-0.4, -0.2) is 6.61 Å². The van der Waals surface area contributed by atoms with Gasteiger partial charge in [0, 0.05) is 0 Å². The molecular formula is C21H29NO. The summed E-state index contributed by atoms with van der Waals surface area (Å²) in [5.41, 5.74) is 11.9. The zero-order valence-electron chi connectivity index (χ0n) is 14.5. The van der Waals surface area contributed by atoms with Crippen LogP contribution in [0.15, 0.2) is 24.3 Å². The van der Waals surface area contributed by atoms with Gasteiger partial charge in [-0.2, -0.15) is 0 Å². The molecule has 0 aliphatic heterocycles. The molecule has 23 heavy (non-hydrogen) atoms. The molecule has 3 aliphatic rings. The molecule has 4 rings (SSSR count). The van der Waals surface area contributed by atoms with Crippen LogP contribution in [0.5, 0.6) is 5.75 Å². The number of fused-ring (bicyclic) bond motifs is 5. The molecule has 0 spiro atoms. The molecule has 0 radical (unpaired) electrons. The Bertz CT molecular complexity index is 649. The SMILES string of the molecule is C=C1CC[C@H]2[C@@H]3CCc4cc(N)c(OCC)cc4[C@H]3CC[C@]12C. The van der Waals surface area contributed by atoms with E-state index in [0.717, 1.165) is 23.3 Å². The molecule has 2 nitrogen and oxygen atoms in total. The van der Waals surface area contributed by atoms with Crippen LogP contribution in [0.25, 0.3) is 0 Å². The lowest BCUT2D eigenvalue weighted by atomic mass is 9.55. The van der Waals surface area contributed by atoms with E-state index in [2.05, 4.69) is 25.6 Å². The van der Waals surface area contributed by atoms with Crippen molar-refractivity contribution in [3.63, 3.8) is 0 Å². The minimum absolute atomic E-state index is 0.398. The van der Waals surface area contributed by atoms with Crippen LogP contribution in [0, 0.1) is 17.3 Å². The molecule has 2 fully saturated rings. The van der Waals surface area contributed by atoms with Gasteiger partial charge in [0.05, 0.1) is 12.3 Å². The first kappa shape index (κ1) is 15.1. The molecule has 0 saturated heterocycles. The molecule has 2 saturated carbocycles. The predicted molar refractivity (Wildman–Crippen MR) is 95.8 cm³/mol. The second-order valence-corrected chi connectivity index (χ2v) is 8.04. The summed E-state index contributed by atoms with van der Waals surface area (Å²) in [4.78, 5) is 0. The van der Waals surface area contributed by atoms with E-state index in [0.29, 0.717) is 17.9 Å². The second kappa shape index (κ2) is 5.29. The van der Waals surface area contributed by atoms with E-state index in [1.54, 1.807) is 0 Å². The number of rotatable bonds is 2. The van der Waals surface area contributed by atoms with Crippen LogP contribution in [0.1, 0.15) is 63.0 Å². The first-order chi connectivity index (χ1) is 11.0. The fourth-order valence-corrected chi connectivity index (χ4v) is 5.81. The third kappa shape index (κ3) is 2.14. The average Bonchev–Trinajstić information content (AvgIpc) is 2.84. The van der Waals surface area contributed by atoms with Gasteiger partial charge in [-0.3, -0.25) is 0 Å². The highest BCUT2D eigenvalue weighted by molar-refractivity contribution is 5.58. The molecule has 1 aromatic carbocycles. The van der Waals surface area contributed by atoms with Gasteiger partial charge in [-0.1, -0.05) is 19.1 Å². The molecule has 1 aromatic rings. The van der Waals surface area contributed by atoms with Crippen molar-refractivity contribution in [1.29, 1.82) is 0 Å². The normalized spacial score (nSPS) is 35.4. The van der Waals surface area contributed by atoms with Crippen molar-refractivity contribution in [3.05, 3.63) is 35.4 Å². The van der Waals surface area contributed by atoms with Crippen molar-refractivity contribution in [2.75, 3.05) is 12.3 Å². The summed E-state index contributed by atoms with van der Waals surface area (Å²) in [6.45, 7) is 9.59. The van der Waals surface area contributed by atoms with Gasteiger partial charge >= 0.3 is 0 Å². The first-order valence-corrected chi connectivity index (χ1v) is 9.28. The van der Waals surface area contributed by atoms with E-state index >= 15 is 0 Å². The van der Waals surface area contributed by atoms with Crippen molar-refractivity contribution in [1.82, 2.24) is 0 Å². The van der Waals surface area contributed by atoms with Crippen LogP contribution in [-0.2, 0) is 6.42 Å². The van der Waals surface area contributed by atoms with Gasteiger partial charge in [0.15, 0.2) is 0 Å². The number of aryl methyl sites for hydroxylation is 1. The van der Waals surface area contributed by atoms with E-state index in [-0.39, 0.29) is 0 Å². The van der Waals surface area contributed by atoms with Crippen LogP contribution >= 0.6 is 0 Å². The number of benzene rings is 1. The topological polar surface area (TPSA) is 35.2 Å². The summed E-state index contributed by atoms with van der Waals surface area (Å²) in [6.07, 6.45) is 7.66. The van der Waals surface area contributed by atoms with Crippen LogP contribution in [0.3, 0.4) is 0 Å². The van der Waals surface area contributed by atoms with Crippen molar-refractivity contribution in [2.45, 2.75) is 58.3 Å². The zero-order chi connectivity index (χ0) is 16.2. The highest BCUT2D eigenvalue weighted by Crippen LogP contribution is 2.62. The Morgan fingerprint density at radius 3 is 2.87 bits per heavy atom. The lowest BCUT2D eigenvalue weighted by molar-refractivity contribution is 0.0816. The summed E-state index contributed by atoms with van der Waals surface area (Å²) < 4.78 is 5.77. The maximum absolute atomic E-state index is 6.19. The smallest absolute Gasteiger partial charge is 0.142 e. The molecule has 2 N–H and O–H groups in total. The highest BCUT2D eigenvalue weighted by Gasteiger charge is 2.51. The number of allylic oxidation sites excluding steroid dienone is 1. The number of anilines is 1. The molecule has 124 valence electrons. The summed E-state index contributed by atoms with van der Waals surface area (Å²) in [5.74, 6) is 3.23.